The van der Waals surface area contributed by atoms with Gasteiger partial charge in [0, 0.05) is 36.6 Å². The quantitative estimate of drug-likeness (QED) is 0.859. The first-order valence-corrected chi connectivity index (χ1v) is 6.69. The number of ether oxygens (including phenoxy) is 1. The van der Waals surface area contributed by atoms with Gasteiger partial charge in [-0.3, -0.25) is 0 Å². The molecule has 0 aliphatic rings. The molecule has 0 aliphatic carbocycles. The predicted molar refractivity (Wildman–Crippen MR) is 81.2 cm³/mol. The minimum absolute atomic E-state index is 0.558. The summed E-state index contributed by atoms with van der Waals surface area (Å²) in [7, 11) is 1.89. The van der Waals surface area contributed by atoms with E-state index in [1.54, 1.807) is 24.4 Å². The highest BCUT2D eigenvalue weighted by atomic mass is 35.5. The Morgan fingerprint density at radius 3 is 2.90 bits per heavy atom. The number of halogens is 1. The summed E-state index contributed by atoms with van der Waals surface area (Å²) in [5.74, 6) is 1.14. The van der Waals surface area contributed by atoms with Gasteiger partial charge in [0.25, 0.3) is 0 Å². The highest BCUT2D eigenvalue weighted by Gasteiger charge is 2.09. The van der Waals surface area contributed by atoms with Crippen LogP contribution in [0.4, 0.5) is 11.6 Å². The fourth-order valence-electron chi connectivity index (χ4n) is 1.79. The summed E-state index contributed by atoms with van der Waals surface area (Å²) in [5.41, 5.74) is 7.39. The molecule has 2 rings (SSSR count). The van der Waals surface area contributed by atoms with E-state index in [1.807, 2.05) is 24.9 Å². The van der Waals surface area contributed by atoms with Crippen molar-refractivity contribution in [2.75, 3.05) is 24.3 Å². The lowest BCUT2D eigenvalue weighted by atomic mass is 10.2. The summed E-state index contributed by atoms with van der Waals surface area (Å²) in [6.07, 6.45) is 1.67. The number of rotatable bonds is 5. The van der Waals surface area contributed by atoms with Gasteiger partial charge in [-0.25, -0.2) is 4.98 Å². The zero-order chi connectivity index (χ0) is 14.5. The molecule has 1 aromatic heterocycles. The molecule has 1 aromatic carbocycles. The fourth-order valence-corrected chi connectivity index (χ4v) is 1.96. The Balaban J connectivity index is 2.17. The lowest BCUT2D eigenvalue weighted by Gasteiger charge is -2.18. The average Bonchev–Trinajstić information content (AvgIpc) is 2.43. The van der Waals surface area contributed by atoms with E-state index >= 15 is 0 Å². The smallest absolute Gasteiger partial charge is 0.228 e. The maximum absolute atomic E-state index is 6.16. The van der Waals surface area contributed by atoms with Crippen molar-refractivity contribution in [1.29, 1.82) is 0 Å². The zero-order valence-electron chi connectivity index (χ0n) is 11.5. The van der Waals surface area contributed by atoms with Gasteiger partial charge < -0.3 is 15.4 Å². The molecular formula is C14H17ClN4O. The van der Waals surface area contributed by atoms with E-state index in [0.29, 0.717) is 35.7 Å². The van der Waals surface area contributed by atoms with E-state index in [9.17, 15) is 0 Å². The van der Waals surface area contributed by atoms with Crippen LogP contribution >= 0.6 is 11.6 Å². The van der Waals surface area contributed by atoms with Crippen molar-refractivity contribution < 1.29 is 4.74 Å². The second-order valence-electron chi connectivity index (χ2n) is 4.33. The lowest BCUT2D eigenvalue weighted by Crippen LogP contribution is -2.19. The van der Waals surface area contributed by atoms with Crippen LogP contribution < -0.4 is 15.4 Å². The van der Waals surface area contributed by atoms with Crippen molar-refractivity contribution in [1.82, 2.24) is 9.97 Å². The Hall–Kier alpha value is -2.01. The molecule has 0 amide bonds. The molecule has 0 spiro atoms. The van der Waals surface area contributed by atoms with Crippen LogP contribution in [0.15, 0.2) is 30.5 Å². The first kappa shape index (κ1) is 14.4. The molecule has 106 valence electrons. The second kappa shape index (κ2) is 6.43. The molecule has 0 saturated heterocycles. The van der Waals surface area contributed by atoms with Crippen molar-refractivity contribution in [3.05, 3.63) is 41.0 Å². The molecule has 6 heteroatoms. The van der Waals surface area contributed by atoms with Gasteiger partial charge in [-0.1, -0.05) is 11.6 Å². The van der Waals surface area contributed by atoms with E-state index in [1.165, 1.54) is 0 Å². The van der Waals surface area contributed by atoms with Crippen molar-refractivity contribution in [3.8, 4) is 5.88 Å². The third kappa shape index (κ3) is 3.51. The van der Waals surface area contributed by atoms with E-state index in [-0.39, 0.29) is 0 Å². The summed E-state index contributed by atoms with van der Waals surface area (Å²) >= 11 is 6.16. The summed E-state index contributed by atoms with van der Waals surface area (Å²) in [4.78, 5) is 10.5. The molecule has 0 saturated carbocycles. The molecule has 0 atom stereocenters. The molecule has 2 aromatic rings. The highest BCUT2D eigenvalue weighted by molar-refractivity contribution is 6.31. The minimum Gasteiger partial charge on any atom is -0.478 e. The molecule has 0 unspecified atom stereocenters. The standard InChI is InChI=1S/C14H17ClN4O/c1-3-20-13-6-7-17-14(18-13)19(2)9-10-8-11(16)4-5-12(10)15/h4-8H,3,9,16H2,1-2H3. The van der Waals surface area contributed by atoms with Crippen LogP contribution in [0.25, 0.3) is 0 Å². The number of hydrogen-bond donors (Lipinski definition) is 1. The second-order valence-corrected chi connectivity index (χ2v) is 4.74. The molecule has 2 N–H and O–H groups in total. The highest BCUT2D eigenvalue weighted by Crippen LogP contribution is 2.22. The Kier molecular flexibility index (Phi) is 4.63. The van der Waals surface area contributed by atoms with Gasteiger partial charge in [0.05, 0.1) is 6.61 Å². The summed E-state index contributed by atoms with van der Waals surface area (Å²) in [6, 6.07) is 7.15. The van der Waals surface area contributed by atoms with E-state index in [2.05, 4.69) is 9.97 Å². The van der Waals surface area contributed by atoms with Crippen LogP contribution in [-0.2, 0) is 6.54 Å². The maximum Gasteiger partial charge on any atom is 0.228 e. The summed E-state index contributed by atoms with van der Waals surface area (Å²) in [6.45, 7) is 3.05. The maximum atomic E-state index is 6.16. The SMILES string of the molecule is CCOc1ccnc(N(C)Cc2cc(N)ccc2Cl)n1. The number of anilines is 2. The van der Waals surface area contributed by atoms with E-state index in [0.717, 1.165) is 5.56 Å². The molecule has 0 aliphatic heterocycles. The topological polar surface area (TPSA) is 64.3 Å². The minimum atomic E-state index is 0.558. The van der Waals surface area contributed by atoms with Gasteiger partial charge in [-0.2, -0.15) is 4.98 Å². The fraction of sp³-hybridized carbons (Fsp3) is 0.286. The van der Waals surface area contributed by atoms with Crippen LogP contribution in [0.5, 0.6) is 5.88 Å². The van der Waals surface area contributed by atoms with Crippen molar-refractivity contribution >= 4 is 23.2 Å². The van der Waals surface area contributed by atoms with Gasteiger partial charge >= 0.3 is 0 Å². The Morgan fingerprint density at radius 1 is 1.35 bits per heavy atom. The number of nitrogens with zero attached hydrogens (tertiary/aromatic N) is 3. The molecular weight excluding hydrogens is 276 g/mol. The number of hydrogen-bond acceptors (Lipinski definition) is 5. The largest absolute Gasteiger partial charge is 0.478 e. The number of aromatic nitrogens is 2. The number of benzene rings is 1. The van der Waals surface area contributed by atoms with Crippen LogP contribution in [0.1, 0.15) is 12.5 Å². The van der Waals surface area contributed by atoms with Crippen LogP contribution in [-0.4, -0.2) is 23.6 Å². The normalized spacial score (nSPS) is 10.3. The van der Waals surface area contributed by atoms with Crippen molar-refractivity contribution in [2.45, 2.75) is 13.5 Å². The van der Waals surface area contributed by atoms with Crippen LogP contribution in [0.3, 0.4) is 0 Å². The molecule has 0 radical (unpaired) electrons. The first-order valence-electron chi connectivity index (χ1n) is 6.31. The number of nitrogen functional groups attached to an aromatic ring is 1. The molecule has 0 fully saturated rings. The monoisotopic (exact) mass is 292 g/mol. The van der Waals surface area contributed by atoms with E-state index < -0.39 is 0 Å². The Labute approximate surface area is 123 Å². The summed E-state index contributed by atoms with van der Waals surface area (Å²) in [5, 5.41) is 0.673. The third-order valence-corrected chi connectivity index (χ3v) is 3.10. The molecule has 5 nitrogen and oxygen atoms in total. The molecule has 1 heterocycles. The van der Waals surface area contributed by atoms with Crippen molar-refractivity contribution in [2.24, 2.45) is 0 Å². The summed E-state index contributed by atoms with van der Waals surface area (Å²) < 4.78 is 5.37. The van der Waals surface area contributed by atoms with Crippen LogP contribution in [0.2, 0.25) is 5.02 Å². The van der Waals surface area contributed by atoms with Gasteiger partial charge in [0.15, 0.2) is 0 Å². The molecule has 0 bridgehead atoms. The van der Waals surface area contributed by atoms with Crippen LogP contribution in [0, 0.1) is 0 Å². The Bertz CT molecular complexity index is 591. The van der Waals surface area contributed by atoms with Crippen molar-refractivity contribution in [3.63, 3.8) is 0 Å². The van der Waals surface area contributed by atoms with Gasteiger partial charge in [-0.05, 0) is 30.7 Å². The third-order valence-electron chi connectivity index (χ3n) is 2.73. The van der Waals surface area contributed by atoms with Gasteiger partial charge in [-0.15, -0.1) is 0 Å². The zero-order valence-corrected chi connectivity index (χ0v) is 12.3. The van der Waals surface area contributed by atoms with Gasteiger partial charge in [0.2, 0.25) is 11.8 Å². The van der Waals surface area contributed by atoms with Gasteiger partial charge in [0.1, 0.15) is 0 Å². The first-order chi connectivity index (χ1) is 9.60. The van der Waals surface area contributed by atoms with E-state index in [4.69, 9.17) is 22.1 Å². The average molecular weight is 293 g/mol. The number of nitrogens with two attached hydrogens (primary N) is 1. The predicted octanol–water partition coefficient (Wildman–Crippen LogP) is 2.75. The Morgan fingerprint density at radius 2 is 2.15 bits per heavy atom. The lowest BCUT2D eigenvalue weighted by molar-refractivity contribution is 0.326. The molecule has 20 heavy (non-hydrogen) atoms.